The average Bonchev–Trinajstić information content (AvgIpc) is 2.61. The van der Waals surface area contributed by atoms with Crippen LogP contribution in [-0.4, -0.2) is 35.0 Å². The zero-order valence-electron chi connectivity index (χ0n) is 13.9. The summed E-state index contributed by atoms with van der Waals surface area (Å²) in [5.41, 5.74) is -0.573. The van der Waals surface area contributed by atoms with Gasteiger partial charge in [0.2, 0.25) is 5.56 Å². The highest BCUT2D eigenvalue weighted by Gasteiger charge is 2.34. The van der Waals surface area contributed by atoms with Gasteiger partial charge in [0.25, 0.3) is 5.91 Å². The van der Waals surface area contributed by atoms with Crippen molar-refractivity contribution in [2.45, 2.75) is 25.2 Å². The SMILES string of the molecule is CC1COC(c2cccc(C(F)(F)F)c2)CN1C(=O)c1cc[nH]c(=O)c1. The summed E-state index contributed by atoms with van der Waals surface area (Å²) >= 11 is 0. The average molecular weight is 366 g/mol. The van der Waals surface area contributed by atoms with Crippen LogP contribution in [0.15, 0.2) is 47.4 Å². The lowest BCUT2D eigenvalue weighted by Crippen LogP contribution is -2.48. The molecule has 0 aliphatic carbocycles. The number of aromatic amines is 1. The molecule has 1 amide bonds. The highest BCUT2D eigenvalue weighted by atomic mass is 19.4. The lowest BCUT2D eigenvalue weighted by molar-refractivity contribution is -0.137. The summed E-state index contributed by atoms with van der Waals surface area (Å²) in [7, 11) is 0. The first-order valence-corrected chi connectivity index (χ1v) is 8.04. The van der Waals surface area contributed by atoms with Crippen molar-refractivity contribution in [2.24, 2.45) is 0 Å². The van der Waals surface area contributed by atoms with Crippen molar-refractivity contribution in [3.63, 3.8) is 0 Å². The van der Waals surface area contributed by atoms with Crippen molar-refractivity contribution in [3.05, 3.63) is 69.6 Å². The summed E-state index contributed by atoms with van der Waals surface area (Å²) in [5.74, 6) is -0.358. The van der Waals surface area contributed by atoms with E-state index < -0.39 is 23.4 Å². The molecule has 1 saturated heterocycles. The molecule has 26 heavy (non-hydrogen) atoms. The van der Waals surface area contributed by atoms with E-state index in [0.717, 1.165) is 12.1 Å². The number of hydrogen-bond acceptors (Lipinski definition) is 3. The van der Waals surface area contributed by atoms with Gasteiger partial charge >= 0.3 is 6.18 Å². The first-order chi connectivity index (χ1) is 12.3. The fourth-order valence-corrected chi connectivity index (χ4v) is 2.90. The fraction of sp³-hybridized carbons (Fsp3) is 0.333. The summed E-state index contributed by atoms with van der Waals surface area (Å²) in [6.45, 7) is 2.08. The number of aromatic nitrogens is 1. The van der Waals surface area contributed by atoms with E-state index in [1.165, 1.54) is 29.3 Å². The summed E-state index contributed by atoms with van der Waals surface area (Å²) in [5, 5.41) is 0. The van der Waals surface area contributed by atoms with Gasteiger partial charge in [0.15, 0.2) is 0 Å². The van der Waals surface area contributed by atoms with Gasteiger partial charge in [0.05, 0.1) is 24.8 Å². The molecule has 1 fully saturated rings. The number of rotatable bonds is 2. The number of carbonyl (C=O) groups is 1. The van der Waals surface area contributed by atoms with E-state index in [2.05, 4.69) is 4.98 Å². The minimum Gasteiger partial charge on any atom is -0.370 e. The minimum atomic E-state index is -4.45. The number of pyridine rings is 1. The van der Waals surface area contributed by atoms with Crippen LogP contribution in [0.3, 0.4) is 0 Å². The topological polar surface area (TPSA) is 62.4 Å². The Morgan fingerprint density at radius 1 is 1.27 bits per heavy atom. The molecule has 0 radical (unpaired) electrons. The zero-order valence-corrected chi connectivity index (χ0v) is 13.9. The Morgan fingerprint density at radius 3 is 2.73 bits per heavy atom. The quantitative estimate of drug-likeness (QED) is 0.889. The van der Waals surface area contributed by atoms with Crippen molar-refractivity contribution >= 4 is 5.91 Å². The number of halogens is 3. The maximum Gasteiger partial charge on any atom is 0.416 e. The molecule has 5 nitrogen and oxygen atoms in total. The van der Waals surface area contributed by atoms with Crippen LogP contribution >= 0.6 is 0 Å². The third kappa shape index (κ3) is 3.80. The van der Waals surface area contributed by atoms with Gasteiger partial charge in [-0.05, 0) is 30.7 Å². The van der Waals surface area contributed by atoms with Crippen molar-refractivity contribution in [1.29, 1.82) is 0 Å². The number of ether oxygens (including phenoxy) is 1. The maximum atomic E-state index is 12.9. The Bertz CT molecular complexity index is 863. The summed E-state index contributed by atoms with van der Waals surface area (Å²) in [4.78, 5) is 28.1. The molecule has 0 bridgehead atoms. The highest BCUT2D eigenvalue weighted by Crippen LogP contribution is 2.33. The molecule has 1 aromatic heterocycles. The second kappa shape index (κ2) is 6.95. The molecule has 1 aliphatic heterocycles. The molecule has 138 valence electrons. The van der Waals surface area contributed by atoms with Gasteiger partial charge < -0.3 is 14.6 Å². The van der Waals surface area contributed by atoms with Gasteiger partial charge in [-0.15, -0.1) is 0 Å². The van der Waals surface area contributed by atoms with Crippen molar-refractivity contribution in [1.82, 2.24) is 9.88 Å². The van der Waals surface area contributed by atoms with Crippen LogP contribution in [0.1, 0.15) is 34.5 Å². The number of alkyl halides is 3. The van der Waals surface area contributed by atoms with Gasteiger partial charge in [0, 0.05) is 17.8 Å². The Hall–Kier alpha value is -2.61. The zero-order chi connectivity index (χ0) is 18.9. The molecule has 0 saturated carbocycles. The molecule has 0 spiro atoms. The van der Waals surface area contributed by atoms with Gasteiger partial charge in [-0.3, -0.25) is 9.59 Å². The Balaban J connectivity index is 1.84. The molecule has 2 aromatic rings. The molecule has 2 heterocycles. The Morgan fingerprint density at radius 2 is 2.04 bits per heavy atom. The van der Waals surface area contributed by atoms with Crippen molar-refractivity contribution in [2.75, 3.05) is 13.2 Å². The highest BCUT2D eigenvalue weighted by molar-refractivity contribution is 5.94. The van der Waals surface area contributed by atoms with E-state index in [1.54, 1.807) is 13.0 Å². The van der Waals surface area contributed by atoms with E-state index in [0.29, 0.717) is 5.56 Å². The second-order valence-corrected chi connectivity index (χ2v) is 6.19. The van der Waals surface area contributed by atoms with Crippen LogP contribution in [0.5, 0.6) is 0 Å². The molecular formula is C18H17F3N2O3. The smallest absolute Gasteiger partial charge is 0.370 e. The maximum absolute atomic E-state index is 12.9. The number of H-pyrrole nitrogens is 1. The van der Waals surface area contributed by atoms with Crippen LogP contribution in [0.4, 0.5) is 13.2 Å². The molecular weight excluding hydrogens is 349 g/mol. The van der Waals surface area contributed by atoms with Crippen LogP contribution in [0, 0.1) is 0 Å². The Labute approximate surface area is 147 Å². The van der Waals surface area contributed by atoms with Gasteiger partial charge in [-0.2, -0.15) is 13.2 Å². The van der Waals surface area contributed by atoms with Crippen LogP contribution < -0.4 is 5.56 Å². The van der Waals surface area contributed by atoms with Gasteiger partial charge in [-0.25, -0.2) is 0 Å². The third-order valence-electron chi connectivity index (χ3n) is 4.30. The van der Waals surface area contributed by atoms with E-state index in [4.69, 9.17) is 4.74 Å². The van der Waals surface area contributed by atoms with Crippen LogP contribution in [0.2, 0.25) is 0 Å². The fourth-order valence-electron chi connectivity index (χ4n) is 2.90. The van der Waals surface area contributed by atoms with Gasteiger partial charge in [-0.1, -0.05) is 12.1 Å². The van der Waals surface area contributed by atoms with E-state index >= 15 is 0 Å². The van der Waals surface area contributed by atoms with E-state index in [-0.39, 0.29) is 30.7 Å². The van der Waals surface area contributed by atoms with Crippen molar-refractivity contribution < 1.29 is 22.7 Å². The number of nitrogens with zero attached hydrogens (tertiary/aromatic N) is 1. The monoisotopic (exact) mass is 366 g/mol. The molecule has 8 heteroatoms. The number of nitrogens with one attached hydrogen (secondary N) is 1. The largest absolute Gasteiger partial charge is 0.416 e. The first kappa shape index (κ1) is 18.2. The normalized spacial score (nSPS) is 20.8. The molecule has 1 aromatic carbocycles. The lowest BCUT2D eigenvalue weighted by atomic mass is 10.0. The first-order valence-electron chi connectivity index (χ1n) is 8.04. The second-order valence-electron chi connectivity index (χ2n) is 6.19. The predicted octanol–water partition coefficient (Wildman–Crippen LogP) is 3.00. The number of morpholine rings is 1. The van der Waals surface area contributed by atoms with Crippen LogP contribution in [-0.2, 0) is 10.9 Å². The number of hydrogen-bond donors (Lipinski definition) is 1. The van der Waals surface area contributed by atoms with E-state index in [9.17, 15) is 22.8 Å². The number of amides is 1. The number of carbonyl (C=O) groups excluding carboxylic acids is 1. The van der Waals surface area contributed by atoms with Crippen LogP contribution in [0.25, 0.3) is 0 Å². The molecule has 3 rings (SSSR count). The molecule has 2 unspecified atom stereocenters. The minimum absolute atomic E-state index is 0.105. The Kier molecular flexibility index (Phi) is 4.86. The standard InChI is InChI=1S/C18H17F3N2O3/c1-11-10-26-15(12-3-2-4-14(7-12)18(19,20)21)9-23(11)17(25)13-5-6-22-16(24)8-13/h2-8,11,15H,9-10H2,1H3,(H,22,24). The lowest BCUT2D eigenvalue weighted by Gasteiger charge is -2.38. The predicted molar refractivity (Wildman–Crippen MR) is 87.7 cm³/mol. The van der Waals surface area contributed by atoms with Gasteiger partial charge in [0.1, 0.15) is 6.10 Å². The summed E-state index contributed by atoms with van der Waals surface area (Å²) in [6, 6.07) is 7.33. The summed E-state index contributed by atoms with van der Waals surface area (Å²) in [6.07, 6.45) is -3.73. The molecule has 1 aliphatic rings. The molecule has 1 N–H and O–H groups in total. The summed E-state index contributed by atoms with van der Waals surface area (Å²) < 4.78 is 44.4. The van der Waals surface area contributed by atoms with E-state index in [1.807, 2.05) is 0 Å². The van der Waals surface area contributed by atoms with Crippen molar-refractivity contribution in [3.8, 4) is 0 Å². The third-order valence-corrected chi connectivity index (χ3v) is 4.30. The number of benzene rings is 1. The molecule has 2 atom stereocenters.